The van der Waals surface area contributed by atoms with Gasteiger partial charge in [0.25, 0.3) is 11.6 Å². The molecule has 0 heterocycles. The number of carbonyl (C=O) groups is 2. The molecule has 1 aromatic rings. The molecule has 114 valence electrons. The van der Waals surface area contributed by atoms with Gasteiger partial charge in [-0.2, -0.15) is 0 Å². The van der Waals surface area contributed by atoms with Crippen LogP contribution < -0.4 is 0 Å². The lowest BCUT2D eigenvalue weighted by atomic mass is 10.1. The summed E-state index contributed by atoms with van der Waals surface area (Å²) in [6, 6.07) is 2.22. The molecule has 0 fully saturated rings. The first-order valence-electron chi connectivity index (χ1n) is 5.82. The Balaban J connectivity index is 3.02. The van der Waals surface area contributed by atoms with Crippen LogP contribution in [0.15, 0.2) is 12.1 Å². The van der Waals surface area contributed by atoms with Gasteiger partial charge in [-0.3, -0.25) is 19.7 Å². The SMILES string of the molecule is CCOC(=O)CN(C)C(=O)c1cc(Cl)c(Cl)c([N+](=O)[O-])c1. The van der Waals surface area contributed by atoms with Crippen molar-refractivity contribution in [3.63, 3.8) is 0 Å². The third-order valence-electron chi connectivity index (χ3n) is 2.47. The van der Waals surface area contributed by atoms with E-state index < -0.39 is 22.5 Å². The predicted octanol–water partition coefficient (Wildman–Crippen LogP) is 2.54. The van der Waals surface area contributed by atoms with Crippen molar-refractivity contribution in [3.8, 4) is 0 Å². The molecule has 0 aliphatic rings. The number of nitro groups is 1. The lowest BCUT2D eigenvalue weighted by molar-refractivity contribution is -0.384. The van der Waals surface area contributed by atoms with Crippen molar-refractivity contribution in [1.29, 1.82) is 0 Å². The molecule has 1 amide bonds. The van der Waals surface area contributed by atoms with E-state index in [-0.39, 0.29) is 28.8 Å². The fourth-order valence-electron chi connectivity index (χ4n) is 1.52. The second-order valence-electron chi connectivity index (χ2n) is 4.01. The van der Waals surface area contributed by atoms with Gasteiger partial charge in [0.1, 0.15) is 11.6 Å². The third-order valence-corrected chi connectivity index (χ3v) is 3.26. The number of carbonyl (C=O) groups excluding carboxylic acids is 2. The molecule has 0 radical (unpaired) electrons. The summed E-state index contributed by atoms with van der Waals surface area (Å²) in [5, 5.41) is 10.5. The van der Waals surface area contributed by atoms with Gasteiger partial charge in [0.2, 0.25) is 0 Å². The molecule has 0 N–H and O–H groups in total. The minimum Gasteiger partial charge on any atom is -0.465 e. The Morgan fingerprint density at radius 3 is 2.52 bits per heavy atom. The zero-order valence-electron chi connectivity index (χ0n) is 11.3. The van der Waals surface area contributed by atoms with Crippen molar-refractivity contribution in [2.75, 3.05) is 20.2 Å². The highest BCUT2D eigenvalue weighted by atomic mass is 35.5. The summed E-state index contributed by atoms with van der Waals surface area (Å²) < 4.78 is 4.72. The number of nitro benzene ring substituents is 1. The molecule has 9 heteroatoms. The average molecular weight is 335 g/mol. The summed E-state index contributed by atoms with van der Waals surface area (Å²) in [4.78, 5) is 34.6. The highest BCUT2D eigenvalue weighted by molar-refractivity contribution is 6.43. The van der Waals surface area contributed by atoms with Gasteiger partial charge in [-0.1, -0.05) is 23.2 Å². The number of amides is 1. The van der Waals surface area contributed by atoms with Crippen molar-refractivity contribution in [3.05, 3.63) is 37.9 Å². The molecule has 0 aliphatic carbocycles. The normalized spacial score (nSPS) is 10.1. The second kappa shape index (κ2) is 7.24. The molecule has 7 nitrogen and oxygen atoms in total. The van der Waals surface area contributed by atoms with E-state index in [0.717, 1.165) is 11.0 Å². The number of hydrogen-bond donors (Lipinski definition) is 0. The van der Waals surface area contributed by atoms with Crippen LogP contribution >= 0.6 is 23.2 Å². The Hall–Kier alpha value is -1.86. The van der Waals surface area contributed by atoms with Gasteiger partial charge in [-0.05, 0) is 13.0 Å². The van der Waals surface area contributed by atoms with Crippen molar-refractivity contribution in [1.82, 2.24) is 4.90 Å². The smallest absolute Gasteiger partial charge is 0.325 e. The minimum absolute atomic E-state index is 0.0390. The van der Waals surface area contributed by atoms with Crippen molar-refractivity contribution in [2.24, 2.45) is 0 Å². The predicted molar refractivity (Wildman–Crippen MR) is 76.7 cm³/mol. The van der Waals surface area contributed by atoms with E-state index in [9.17, 15) is 19.7 Å². The first-order valence-corrected chi connectivity index (χ1v) is 6.58. The molecular weight excluding hydrogens is 323 g/mol. The fourth-order valence-corrected chi connectivity index (χ4v) is 1.92. The maximum atomic E-state index is 12.1. The Bertz CT molecular complexity index is 591. The summed E-state index contributed by atoms with van der Waals surface area (Å²) in [7, 11) is 1.37. The van der Waals surface area contributed by atoms with E-state index in [4.69, 9.17) is 27.9 Å². The first kappa shape index (κ1) is 17.2. The van der Waals surface area contributed by atoms with Crippen LogP contribution in [-0.2, 0) is 9.53 Å². The quantitative estimate of drug-likeness (QED) is 0.469. The molecular formula is C12H12Cl2N2O5. The third kappa shape index (κ3) is 4.30. The van der Waals surface area contributed by atoms with Crippen molar-refractivity contribution >= 4 is 40.8 Å². The van der Waals surface area contributed by atoms with Gasteiger partial charge in [0.15, 0.2) is 0 Å². The molecule has 0 saturated heterocycles. The Labute approximate surface area is 130 Å². The van der Waals surface area contributed by atoms with E-state index in [1.165, 1.54) is 13.1 Å². The Morgan fingerprint density at radius 1 is 1.38 bits per heavy atom. The molecule has 0 saturated carbocycles. The van der Waals surface area contributed by atoms with Crippen LogP contribution in [0.1, 0.15) is 17.3 Å². The monoisotopic (exact) mass is 334 g/mol. The zero-order chi connectivity index (χ0) is 16.2. The van der Waals surface area contributed by atoms with Gasteiger partial charge >= 0.3 is 5.97 Å². The number of esters is 1. The number of likely N-dealkylation sites (N-methyl/N-ethyl adjacent to an activating group) is 1. The number of nitrogens with zero attached hydrogens (tertiary/aromatic N) is 2. The Morgan fingerprint density at radius 2 is 2.00 bits per heavy atom. The van der Waals surface area contributed by atoms with E-state index in [1.54, 1.807) is 6.92 Å². The highest BCUT2D eigenvalue weighted by Gasteiger charge is 2.22. The topological polar surface area (TPSA) is 89.8 Å². The molecule has 0 spiro atoms. The van der Waals surface area contributed by atoms with Gasteiger partial charge in [0, 0.05) is 18.7 Å². The summed E-state index contributed by atoms with van der Waals surface area (Å²) in [5.41, 5.74) is -0.514. The van der Waals surface area contributed by atoms with Crippen LogP contribution in [0, 0.1) is 10.1 Å². The van der Waals surface area contributed by atoms with E-state index in [0.29, 0.717) is 0 Å². The van der Waals surface area contributed by atoms with Gasteiger partial charge in [0.05, 0.1) is 16.6 Å². The largest absolute Gasteiger partial charge is 0.465 e. The van der Waals surface area contributed by atoms with Gasteiger partial charge in [-0.25, -0.2) is 0 Å². The Kier molecular flexibility index (Phi) is 5.92. The summed E-state index contributed by atoms with van der Waals surface area (Å²) in [6.07, 6.45) is 0. The van der Waals surface area contributed by atoms with Gasteiger partial charge in [-0.15, -0.1) is 0 Å². The molecule has 0 aromatic heterocycles. The van der Waals surface area contributed by atoms with Gasteiger partial charge < -0.3 is 9.64 Å². The van der Waals surface area contributed by atoms with Crippen LogP contribution in [0.2, 0.25) is 10.0 Å². The number of benzene rings is 1. The van der Waals surface area contributed by atoms with E-state index in [2.05, 4.69) is 0 Å². The lowest BCUT2D eigenvalue weighted by Gasteiger charge is -2.16. The first-order chi connectivity index (χ1) is 9.77. The maximum absolute atomic E-state index is 12.1. The molecule has 21 heavy (non-hydrogen) atoms. The summed E-state index contributed by atoms with van der Waals surface area (Å²) >= 11 is 11.5. The van der Waals surface area contributed by atoms with E-state index in [1.807, 2.05) is 0 Å². The minimum atomic E-state index is -0.740. The number of ether oxygens (including phenoxy) is 1. The van der Waals surface area contributed by atoms with Crippen LogP contribution in [0.25, 0.3) is 0 Å². The average Bonchev–Trinajstić information content (AvgIpc) is 2.40. The number of rotatable bonds is 5. The molecule has 0 unspecified atom stereocenters. The standard InChI is InChI=1S/C12H12Cl2N2O5/c1-3-21-10(17)6-15(2)12(18)7-4-8(13)11(14)9(5-7)16(19)20/h4-5H,3,6H2,1-2H3. The molecule has 0 atom stereocenters. The number of halogens is 2. The molecule has 1 rings (SSSR count). The summed E-state index contributed by atoms with van der Waals surface area (Å²) in [6.45, 7) is 1.56. The van der Waals surface area contributed by atoms with Crippen LogP contribution in [0.4, 0.5) is 5.69 Å². The van der Waals surface area contributed by atoms with Crippen molar-refractivity contribution in [2.45, 2.75) is 6.92 Å². The zero-order valence-corrected chi connectivity index (χ0v) is 12.8. The van der Waals surface area contributed by atoms with Crippen molar-refractivity contribution < 1.29 is 19.2 Å². The number of hydrogen-bond acceptors (Lipinski definition) is 5. The molecule has 1 aromatic carbocycles. The van der Waals surface area contributed by atoms with E-state index >= 15 is 0 Å². The second-order valence-corrected chi connectivity index (χ2v) is 4.80. The van der Waals surface area contributed by atoms with Crippen LogP contribution in [-0.4, -0.2) is 41.9 Å². The maximum Gasteiger partial charge on any atom is 0.325 e. The fraction of sp³-hybridized carbons (Fsp3) is 0.333. The molecule has 0 aliphatic heterocycles. The van der Waals surface area contributed by atoms with Crippen LogP contribution in [0.3, 0.4) is 0 Å². The molecule has 0 bridgehead atoms. The summed E-state index contributed by atoms with van der Waals surface area (Å²) in [5.74, 6) is -1.19. The lowest BCUT2D eigenvalue weighted by Crippen LogP contribution is -2.33. The highest BCUT2D eigenvalue weighted by Crippen LogP contribution is 2.33. The van der Waals surface area contributed by atoms with Crippen LogP contribution in [0.5, 0.6) is 0 Å².